The van der Waals surface area contributed by atoms with Gasteiger partial charge in [-0.3, -0.25) is 9.38 Å². The average molecular weight is 439 g/mol. The number of halogens is 1. The molecule has 0 spiro atoms. The van der Waals surface area contributed by atoms with Crippen LogP contribution in [-0.4, -0.2) is 36.0 Å². The van der Waals surface area contributed by atoms with Gasteiger partial charge in [0.25, 0.3) is 0 Å². The molecule has 6 rings (SSSR count). The first-order valence-electron chi connectivity index (χ1n) is 9.42. The minimum Gasteiger partial charge on any atom is -0.365 e. The summed E-state index contributed by atoms with van der Waals surface area (Å²) in [6, 6.07) is 7.92. The Morgan fingerprint density at radius 1 is 1.20 bits per heavy atom. The van der Waals surface area contributed by atoms with E-state index in [1.165, 1.54) is 0 Å². The quantitative estimate of drug-likeness (QED) is 0.466. The lowest BCUT2D eigenvalue weighted by atomic mass is 10.1. The van der Waals surface area contributed by atoms with Crippen molar-refractivity contribution in [3.63, 3.8) is 0 Å². The molecule has 0 radical (unpaired) electrons. The van der Waals surface area contributed by atoms with Crippen LogP contribution in [0.25, 0.3) is 23.1 Å². The van der Waals surface area contributed by atoms with E-state index in [1.54, 1.807) is 23.7 Å². The Kier molecular flexibility index (Phi) is 4.10. The lowest BCUT2D eigenvalue weighted by Gasteiger charge is -2.05. The van der Waals surface area contributed by atoms with Gasteiger partial charge in [-0.05, 0) is 43.2 Å². The lowest BCUT2D eigenvalue weighted by Crippen LogP contribution is -1.98. The van der Waals surface area contributed by atoms with E-state index in [0.29, 0.717) is 17.2 Å². The zero-order valence-electron chi connectivity index (χ0n) is 15.5. The number of allylic oxidation sites excluding steroid dienone is 1. The fourth-order valence-electron chi connectivity index (χ4n) is 3.53. The van der Waals surface area contributed by atoms with E-state index in [-0.39, 0.29) is 0 Å². The summed E-state index contributed by atoms with van der Waals surface area (Å²) in [6.07, 6.45) is 5.92. The third-order valence-corrected chi connectivity index (χ3v) is 6.36. The fourth-order valence-corrected chi connectivity index (χ4v) is 4.80. The van der Waals surface area contributed by atoms with Crippen LogP contribution in [-0.2, 0) is 11.2 Å². The van der Waals surface area contributed by atoms with Crippen LogP contribution in [0.15, 0.2) is 41.7 Å². The van der Waals surface area contributed by atoms with Gasteiger partial charge in [-0.15, -0.1) is 10.2 Å². The molecule has 8 nitrogen and oxygen atoms in total. The first-order valence-corrected chi connectivity index (χ1v) is 10.6. The van der Waals surface area contributed by atoms with Crippen molar-refractivity contribution < 1.29 is 9.84 Å². The SMILES string of the molecule is OC1OC1c1nccn2c(-c3ccc(Nc4nc5c(s4)C=C(Cl)CC5)cc3)nnc12. The number of aryl methyl sites for hydroxylation is 1. The number of ether oxygens (including phenoxy) is 1. The third-order valence-electron chi connectivity index (χ3n) is 5.10. The summed E-state index contributed by atoms with van der Waals surface area (Å²) >= 11 is 7.74. The monoisotopic (exact) mass is 438 g/mol. The molecule has 1 aliphatic carbocycles. The molecule has 3 aromatic heterocycles. The number of hydrogen-bond acceptors (Lipinski definition) is 8. The zero-order chi connectivity index (χ0) is 20.2. The Bertz CT molecular complexity index is 1300. The number of benzene rings is 1. The van der Waals surface area contributed by atoms with Gasteiger partial charge < -0.3 is 15.2 Å². The molecule has 2 unspecified atom stereocenters. The maximum absolute atomic E-state index is 9.54. The van der Waals surface area contributed by atoms with E-state index in [4.69, 9.17) is 16.3 Å². The lowest BCUT2D eigenvalue weighted by molar-refractivity contribution is 0.156. The van der Waals surface area contributed by atoms with Crippen LogP contribution in [0.2, 0.25) is 0 Å². The summed E-state index contributed by atoms with van der Waals surface area (Å²) in [5.41, 5.74) is 4.11. The second-order valence-electron chi connectivity index (χ2n) is 7.10. The number of aliphatic hydroxyl groups excluding tert-OH is 1. The molecule has 1 aliphatic heterocycles. The summed E-state index contributed by atoms with van der Waals surface area (Å²) in [5, 5.41) is 23.2. The number of epoxide rings is 1. The Morgan fingerprint density at radius 2 is 2.03 bits per heavy atom. The van der Waals surface area contributed by atoms with Crippen LogP contribution >= 0.6 is 22.9 Å². The number of hydrogen-bond donors (Lipinski definition) is 2. The van der Waals surface area contributed by atoms with Crippen molar-refractivity contribution in [2.75, 3.05) is 5.32 Å². The number of rotatable bonds is 4. The van der Waals surface area contributed by atoms with Crippen LogP contribution in [0.3, 0.4) is 0 Å². The molecule has 0 saturated carbocycles. The number of aliphatic hydroxyl groups is 1. The molecular formula is C20H15ClN6O2S. The van der Waals surface area contributed by atoms with Crippen molar-refractivity contribution >= 4 is 45.5 Å². The number of nitrogens with zero attached hydrogens (tertiary/aromatic N) is 5. The maximum atomic E-state index is 9.54. The van der Waals surface area contributed by atoms with Gasteiger partial charge in [-0.25, -0.2) is 4.98 Å². The number of fused-ring (bicyclic) bond motifs is 2. The zero-order valence-corrected chi connectivity index (χ0v) is 17.1. The van der Waals surface area contributed by atoms with Gasteiger partial charge in [-0.1, -0.05) is 22.9 Å². The summed E-state index contributed by atoms with van der Waals surface area (Å²) in [7, 11) is 0. The predicted octanol–water partition coefficient (Wildman–Crippen LogP) is 3.91. The second-order valence-corrected chi connectivity index (χ2v) is 8.62. The highest BCUT2D eigenvalue weighted by molar-refractivity contribution is 7.16. The number of thiazole rings is 1. The first-order chi connectivity index (χ1) is 14.7. The fraction of sp³-hybridized carbons (Fsp3) is 0.200. The molecule has 2 atom stereocenters. The van der Waals surface area contributed by atoms with Gasteiger partial charge in [0.2, 0.25) is 0 Å². The van der Waals surface area contributed by atoms with Crippen molar-refractivity contribution in [3.8, 4) is 11.4 Å². The van der Waals surface area contributed by atoms with Gasteiger partial charge >= 0.3 is 0 Å². The van der Waals surface area contributed by atoms with Crippen molar-refractivity contribution in [1.82, 2.24) is 24.6 Å². The summed E-state index contributed by atoms with van der Waals surface area (Å²) in [6.45, 7) is 0. The van der Waals surface area contributed by atoms with Gasteiger partial charge in [0.1, 0.15) is 5.69 Å². The van der Waals surface area contributed by atoms with Gasteiger partial charge in [0, 0.05) is 28.7 Å². The van der Waals surface area contributed by atoms with Crippen LogP contribution in [0.5, 0.6) is 0 Å². The van der Waals surface area contributed by atoms with Crippen LogP contribution in [0.4, 0.5) is 10.8 Å². The normalized spacial score (nSPS) is 20.1. The van der Waals surface area contributed by atoms with Crippen molar-refractivity contribution in [1.29, 1.82) is 0 Å². The highest BCUT2D eigenvalue weighted by Crippen LogP contribution is 2.37. The van der Waals surface area contributed by atoms with E-state index in [0.717, 1.165) is 44.8 Å². The molecule has 0 amide bonds. The topological polar surface area (TPSA) is 101 Å². The molecule has 30 heavy (non-hydrogen) atoms. The third kappa shape index (κ3) is 3.07. The minimum absolute atomic E-state index is 0.439. The number of aromatic nitrogens is 5. The molecule has 1 saturated heterocycles. The van der Waals surface area contributed by atoms with Crippen molar-refractivity contribution in [2.45, 2.75) is 25.2 Å². The summed E-state index contributed by atoms with van der Waals surface area (Å²) < 4.78 is 6.97. The van der Waals surface area contributed by atoms with Gasteiger partial charge in [0.15, 0.2) is 29.0 Å². The van der Waals surface area contributed by atoms with Crippen LogP contribution < -0.4 is 5.32 Å². The molecule has 2 aliphatic rings. The van der Waals surface area contributed by atoms with E-state index in [9.17, 15) is 5.11 Å². The maximum Gasteiger partial charge on any atom is 0.188 e. The van der Waals surface area contributed by atoms with Crippen molar-refractivity contribution in [2.24, 2.45) is 0 Å². The van der Waals surface area contributed by atoms with E-state index >= 15 is 0 Å². The average Bonchev–Trinajstić information content (AvgIpc) is 3.14. The number of anilines is 2. The Labute approximate surface area is 179 Å². The molecule has 1 aromatic carbocycles. The Balaban J connectivity index is 1.27. The molecule has 0 bridgehead atoms. The highest BCUT2D eigenvalue weighted by Gasteiger charge is 2.42. The minimum atomic E-state index is -0.822. The van der Waals surface area contributed by atoms with Gasteiger partial charge in [0.05, 0.1) is 10.6 Å². The summed E-state index contributed by atoms with van der Waals surface area (Å²) in [4.78, 5) is 10.1. The smallest absolute Gasteiger partial charge is 0.188 e. The van der Waals surface area contributed by atoms with E-state index in [2.05, 4.69) is 25.5 Å². The standard InChI is InChI=1S/C20H15ClN6O2S/c21-11-3-6-13-14(9-11)30-20(24-13)23-12-4-1-10(2-5-12)17-25-26-18-15(16-19(28)29-16)22-7-8-27(17)18/h1-2,4-5,7-9,16,19,28H,3,6H2,(H,23,24). The highest BCUT2D eigenvalue weighted by atomic mass is 35.5. The Morgan fingerprint density at radius 3 is 2.83 bits per heavy atom. The molecule has 1 fully saturated rings. The van der Waals surface area contributed by atoms with Gasteiger partial charge in [-0.2, -0.15) is 0 Å². The first kappa shape index (κ1) is 18.0. The molecule has 10 heteroatoms. The van der Waals surface area contributed by atoms with Crippen LogP contribution in [0.1, 0.15) is 28.8 Å². The summed E-state index contributed by atoms with van der Waals surface area (Å²) in [5.74, 6) is 0.694. The molecule has 4 aromatic rings. The predicted molar refractivity (Wildman–Crippen MR) is 114 cm³/mol. The number of nitrogens with one attached hydrogen (secondary N) is 1. The molecule has 150 valence electrons. The largest absolute Gasteiger partial charge is 0.365 e. The van der Waals surface area contributed by atoms with Crippen LogP contribution in [0, 0.1) is 0 Å². The second kappa shape index (κ2) is 6.85. The van der Waals surface area contributed by atoms with E-state index in [1.807, 2.05) is 34.7 Å². The van der Waals surface area contributed by atoms with Crippen molar-refractivity contribution in [3.05, 3.63) is 58.0 Å². The molecular weight excluding hydrogens is 424 g/mol. The molecule has 2 N–H and O–H groups in total. The van der Waals surface area contributed by atoms with E-state index < -0.39 is 12.4 Å². The Hall–Kier alpha value is -2.85. The molecule has 4 heterocycles.